The molecule has 1 aliphatic rings. The number of amidine groups is 1. The number of para-hydroxylation sites is 1. The van der Waals surface area contributed by atoms with Crippen LogP contribution in [0.25, 0.3) is 6.08 Å². The number of methoxy groups -OCH3 is 1. The van der Waals surface area contributed by atoms with E-state index in [0.717, 1.165) is 22.9 Å². The molecule has 1 saturated heterocycles. The van der Waals surface area contributed by atoms with E-state index in [2.05, 4.69) is 10.3 Å². The highest BCUT2D eigenvalue weighted by Crippen LogP contribution is 2.33. The quantitative estimate of drug-likeness (QED) is 0.535. The maximum Gasteiger partial charge on any atom is 0.264 e. The van der Waals surface area contributed by atoms with Crippen LogP contribution in [-0.2, 0) is 11.4 Å². The number of rotatable bonds is 6. The second-order valence-electron chi connectivity index (χ2n) is 6.62. The minimum absolute atomic E-state index is 0.174. The highest BCUT2D eigenvalue weighted by atomic mass is 32.2. The first-order valence-corrected chi connectivity index (χ1v) is 10.3. The summed E-state index contributed by atoms with van der Waals surface area (Å²) in [5, 5.41) is 2.99. The summed E-state index contributed by atoms with van der Waals surface area (Å²) in [6.45, 7) is 0.422. The molecule has 7 heteroatoms. The van der Waals surface area contributed by atoms with Crippen LogP contribution in [0.1, 0.15) is 11.1 Å². The fraction of sp³-hybridized carbons (Fsp3) is 0.0833. The molecular formula is C24H19FN2O3S. The molecule has 0 aromatic heterocycles. The van der Waals surface area contributed by atoms with E-state index in [1.165, 1.54) is 6.07 Å². The Balaban J connectivity index is 1.50. The van der Waals surface area contributed by atoms with Gasteiger partial charge in [-0.1, -0.05) is 48.5 Å². The lowest BCUT2D eigenvalue weighted by Crippen LogP contribution is -2.19. The van der Waals surface area contributed by atoms with Gasteiger partial charge in [0.25, 0.3) is 5.91 Å². The highest BCUT2D eigenvalue weighted by Gasteiger charge is 2.24. The zero-order valence-electron chi connectivity index (χ0n) is 16.7. The number of amides is 1. The van der Waals surface area contributed by atoms with Crippen molar-refractivity contribution < 1.29 is 18.7 Å². The van der Waals surface area contributed by atoms with Gasteiger partial charge < -0.3 is 14.8 Å². The minimum atomic E-state index is -0.446. The van der Waals surface area contributed by atoms with Gasteiger partial charge in [-0.2, -0.15) is 0 Å². The molecule has 0 saturated carbocycles. The van der Waals surface area contributed by atoms with Crippen molar-refractivity contribution in [2.75, 3.05) is 7.11 Å². The molecule has 3 aromatic carbocycles. The van der Waals surface area contributed by atoms with Crippen LogP contribution >= 0.6 is 11.8 Å². The molecule has 1 N–H and O–H groups in total. The summed E-state index contributed by atoms with van der Waals surface area (Å²) in [4.78, 5) is 17.0. The number of carbonyl (C=O) groups excluding carboxylic acids is 1. The third-order valence-corrected chi connectivity index (χ3v) is 5.36. The Kier molecular flexibility index (Phi) is 6.33. The first-order chi connectivity index (χ1) is 15.1. The molecule has 1 fully saturated rings. The number of nitrogens with zero attached hydrogens (tertiary/aromatic N) is 1. The Morgan fingerprint density at radius 1 is 1.03 bits per heavy atom. The SMILES string of the molecule is COc1cc(/C=C2\SC(=Nc3ccccc3F)NC2=O)ccc1OCc1ccccc1. The molecule has 156 valence electrons. The van der Waals surface area contributed by atoms with Crippen LogP contribution in [0, 0.1) is 5.82 Å². The topological polar surface area (TPSA) is 59.9 Å². The summed E-state index contributed by atoms with van der Waals surface area (Å²) in [5.74, 6) is 0.439. The Morgan fingerprint density at radius 2 is 1.81 bits per heavy atom. The third kappa shape index (κ3) is 5.13. The molecule has 0 bridgehead atoms. The van der Waals surface area contributed by atoms with E-state index < -0.39 is 5.82 Å². The minimum Gasteiger partial charge on any atom is -0.493 e. The molecule has 5 nitrogen and oxygen atoms in total. The molecule has 0 radical (unpaired) electrons. The highest BCUT2D eigenvalue weighted by molar-refractivity contribution is 8.18. The molecule has 0 atom stereocenters. The van der Waals surface area contributed by atoms with Crippen LogP contribution in [0.4, 0.5) is 10.1 Å². The first kappa shape index (κ1) is 20.7. The van der Waals surface area contributed by atoms with E-state index in [1.54, 1.807) is 43.5 Å². The number of carbonyl (C=O) groups is 1. The molecule has 0 aliphatic carbocycles. The maximum atomic E-state index is 13.8. The zero-order chi connectivity index (χ0) is 21.6. The normalized spacial score (nSPS) is 15.9. The van der Waals surface area contributed by atoms with Gasteiger partial charge in [-0.15, -0.1) is 0 Å². The molecule has 1 amide bonds. The van der Waals surface area contributed by atoms with Crippen LogP contribution in [0.3, 0.4) is 0 Å². The van der Waals surface area contributed by atoms with E-state index in [4.69, 9.17) is 9.47 Å². The molecule has 4 rings (SSSR count). The average Bonchev–Trinajstić information content (AvgIpc) is 3.13. The summed E-state index contributed by atoms with van der Waals surface area (Å²) < 4.78 is 25.1. The zero-order valence-corrected chi connectivity index (χ0v) is 17.5. The predicted molar refractivity (Wildman–Crippen MR) is 121 cm³/mol. The van der Waals surface area contributed by atoms with Crippen molar-refractivity contribution in [2.24, 2.45) is 4.99 Å². The van der Waals surface area contributed by atoms with E-state index in [0.29, 0.717) is 28.2 Å². The molecule has 31 heavy (non-hydrogen) atoms. The number of hydrogen-bond donors (Lipinski definition) is 1. The number of benzene rings is 3. The van der Waals surface area contributed by atoms with Crippen LogP contribution in [0.15, 0.2) is 82.7 Å². The number of nitrogens with one attached hydrogen (secondary N) is 1. The largest absolute Gasteiger partial charge is 0.493 e. The van der Waals surface area contributed by atoms with Gasteiger partial charge in [0, 0.05) is 0 Å². The Hall–Kier alpha value is -3.58. The third-order valence-electron chi connectivity index (χ3n) is 4.45. The fourth-order valence-corrected chi connectivity index (χ4v) is 3.75. The van der Waals surface area contributed by atoms with Gasteiger partial charge in [-0.3, -0.25) is 4.79 Å². The van der Waals surface area contributed by atoms with Gasteiger partial charge in [0.2, 0.25) is 0 Å². The first-order valence-electron chi connectivity index (χ1n) is 9.51. The van der Waals surface area contributed by atoms with Gasteiger partial charge in [-0.25, -0.2) is 9.38 Å². The summed E-state index contributed by atoms with van der Waals surface area (Å²) in [5.41, 5.74) is 2.00. The second-order valence-corrected chi connectivity index (χ2v) is 7.65. The number of hydrogen-bond acceptors (Lipinski definition) is 5. The monoisotopic (exact) mass is 434 g/mol. The molecule has 3 aromatic rings. The van der Waals surface area contributed by atoms with Gasteiger partial charge in [0.05, 0.1) is 12.0 Å². The summed E-state index contributed by atoms with van der Waals surface area (Å²) >= 11 is 1.15. The van der Waals surface area contributed by atoms with Gasteiger partial charge in [-0.05, 0) is 53.2 Å². The smallest absolute Gasteiger partial charge is 0.264 e. The second kappa shape index (κ2) is 9.49. The Labute approximate surface area is 183 Å². The van der Waals surface area contributed by atoms with Gasteiger partial charge in [0.1, 0.15) is 18.1 Å². The van der Waals surface area contributed by atoms with Crippen LogP contribution < -0.4 is 14.8 Å². The fourth-order valence-electron chi connectivity index (χ4n) is 2.91. The van der Waals surface area contributed by atoms with Crippen molar-refractivity contribution >= 4 is 34.6 Å². The lowest BCUT2D eigenvalue weighted by atomic mass is 10.2. The standard InChI is InChI=1S/C24H19FN2O3S/c1-29-21-13-17(11-12-20(21)30-15-16-7-3-2-4-8-16)14-22-23(28)27-24(31-22)26-19-10-6-5-9-18(19)25/h2-14H,15H2,1H3,(H,26,27,28)/b22-14-. The maximum absolute atomic E-state index is 13.8. The molecular weight excluding hydrogens is 415 g/mol. The molecule has 0 spiro atoms. The van der Waals surface area contributed by atoms with E-state index in [1.807, 2.05) is 36.4 Å². The van der Waals surface area contributed by atoms with E-state index in [-0.39, 0.29) is 11.6 Å². The number of thioether (sulfide) groups is 1. The van der Waals surface area contributed by atoms with Crippen molar-refractivity contribution in [3.8, 4) is 11.5 Å². The molecule has 1 aliphatic heterocycles. The van der Waals surface area contributed by atoms with Crippen LogP contribution in [-0.4, -0.2) is 18.2 Å². The predicted octanol–water partition coefficient (Wildman–Crippen LogP) is 5.30. The van der Waals surface area contributed by atoms with Gasteiger partial charge >= 0.3 is 0 Å². The Morgan fingerprint density at radius 3 is 2.58 bits per heavy atom. The average molecular weight is 434 g/mol. The summed E-state index contributed by atoms with van der Waals surface area (Å²) in [7, 11) is 1.57. The van der Waals surface area contributed by atoms with Crippen molar-refractivity contribution in [1.29, 1.82) is 0 Å². The van der Waals surface area contributed by atoms with E-state index >= 15 is 0 Å². The van der Waals surface area contributed by atoms with Gasteiger partial charge in [0.15, 0.2) is 16.7 Å². The van der Waals surface area contributed by atoms with Crippen LogP contribution in [0.5, 0.6) is 11.5 Å². The molecule has 1 heterocycles. The van der Waals surface area contributed by atoms with Crippen molar-refractivity contribution in [2.45, 2.75) is 6.61 Å². The number of halogens is 1. The summed E-state index contributed by atoms with van der Waals surface area (Å²) in [6.07, 6.45) is 1.73. The van der Waals surface area contributed by atoms with Crippen molar-refractivity contribution in [3.63, 3.8) is 0 Å². The lowest BCUT2D eigenvalue weighted by Gasteiger charge is -2.11. The lowest BCUT2D eigenvalue weighted by molar-refractivity contribution is -0.115. The summed E-state index contributed by atoms with van der Waals surface area (Å²) in [6, 6.07) is 21.4. The molecule has 0 unspecified atom stereocenters. The van der Waals surface area contributed by atoms with E-state index in [9.17, 15) is 9.18 Å². The number of ether oxygens (including phenoxy) is 2. The Bertz CT molecular complexity index is 1160. The number of aliphatic imine (C=N–C) groups is 1. The van der Waals surface area contributed by atoms with Crippen LogP contribution in [0.2, 0.25) is 0 Å². The van der Waals surface area contributed by atoms with Crippen molar-refractivity contribution in [3.05, 3.63) is 94.6 Å². The van der Waals surface area contributed by atoms with Crippen molar-refractivity contribution in [1.82, 2.24) is 5.32 Å².